The van der Waals surface area contributed by atoms with Crippen LogP contribution in [0, 0.1) is 6.92 Å². The van der Waals surface area contributed by atoms with Gasteiger partial charge in [-0.2, -0.15) is 0 Å². The number of fused-ring (bicyclic) bond motifs is 4. The van der Waals surface area contributed by atoms with Crippen molar-refractivity contribution in [3.05, 3.63) is 100 Å². The van der Waals surface area contributed by atoms with Crippen LogP contribution in [0.4, 0.5) is 0 Å². The Morgan fingerprint density at radius 3 is 2.67 bits per heavy atom. The molecule has 1 aromatic heterocycles. The van der Waals surface area contributed by atoms with Gasteiger partial charge in [0.15, 0.2) is 11.5 Å². The standard InChI is InChI=1S/C29H24N2O5/c1-17-3-2-4-21-22-13-14-31(25(32)12-7-18-5-8-19(9-6-18)29(33)34)28(27(22)30-26(17)21)20-10-11-23-24(15-20)36-16-35-23/h2-12,15,28,30H,13-14,16H2,1H3,(H,33,34). The number of hydrogen-bond acceptors (Lipinski definition) is 4. The summed E-state index contributed by atoms with van der Waals surface area (Å²) < 4.78 is 11.1. The minimum Gasteiger partial charge on any atom is -0.478 e. The monoisotopic (exact) mass is 480 g/mol. The number of para-hydroxylation sites is 1. The number of ether oxygens (including phenoxy) is 2. The summed E-state index contributed by atoms with van der Waals surface area (Å²) in [7, 11) is 0. The van der Waals surface area contributed by atoms with E-state index in [0.717, 1.165) is 34.3 Å². The van der Waals surface area contributed by atoms with Gasteiger partial charge in [-0.25, -0.2) is 4.79 Å². The number of benzene rings is 3. The Morgan fingerprint density at radius 1 is 1.06 bits per heavy atom. The number of carboxylic acid groups (broad SMARTS) is 1. The molecule has 0 saturated carbocycles. The number of nitrogens with one attached hydrogen (secondary N) is 1. The van der Waals surface area contributed by atoms with Gasteiger partial charge in [-0.3, -0.25) is 4.79 Å². The number of carbonyl (C=O) groups is 2. The first-order chi connectivity index (χ1) is 17.5. The number of aromatic nitrogens is 1. The quantitative estimate of drug-likeness (QED) is 0.397. The number of carboxylic acids is 1. The van der Waals surface area contributed by atoms with Crippen molar-refractivity contribution in [1.82, 2.24) is 9.88 Å². The Hall–Kier alpha value is -4.52. The largest absolute Gasteiger partial charge is 0.478 e. The summed E-state index contributed by atoms with van der Waals surface area (Å²) in [6.45, 7) is 2.83. The van der Waals surface area contributed by atoms with Crippen molar-refractivity contribution < 1.29 is 24.2 Å². The van der Waals surface area contributed by atoms with E-state index in [2.05, 4.69) is 30.1 Å². The predicted octanol–water partition coefficient (Wildman–Crippen LogP) is 5.09. The van der Waals surface area contributed by atoms with Crippen molar-refractivity contribution in [2.75, 3.05) is 13.3 Å². The van der Waals surface area contributed by atoms with Crippen molar-refractivity contribution in [3.63, 3.8) is 0 Å². The lowest BCUT2D eigenvalue weighted by atomic mass is 9.91. The van der Waals surface area contributed by atoms with Crippen molar-refractivity contribution >= 4 is 28.9 Å². The SMILES string of the molecule is Cc1cccc2c3c([nH]c12)C(c1ccc2c(c1)OCO2)N(C(=O)C=Cc1ccc(C(=O)O)cc1)CC3. The van der Waals surface area contributed by atoms with E-state index in [1.165, 1.54) is 23.1 Å². The topological polar surface area (TPSA) is 91.9 Å². The minimum absolute atomic E-state index is 0.124. The third kappa shape index (κ3) is 3.69. The Morgan fingerprint density at radius 2 is 1.86 bits per heavy atom. The average molecular weight is 481 g/mol. The maximum Gasteiger partial charge on any atom is 0.335 e. The van der Waals surface area contributed by atoms with Crippen LogP contribution in [0.25, 0.3) is 17.0 Å². The highest BCUT2D eigenvalue weighted by atomic mass is 16.7. The molecule has 0 spiro atoms. The smallest absolute Gasteiger partial charge is 0.335 e. The van der Waals surface area contributed by atoms with E-state index in [1.54, 1.807) is 24.3 Å². The molecule has 2 aliphatic heterocycles. The van der Waals surface area contributed by atoms with Gasteiger partial charge < -0.3 is 24.5 Å². The first-order valence-corrected chi connectivity index (χ1v) is 11.8. The Balaban J connectivity index is 1.39. The lowest BCUT2D eigenvalue weighted by molar-refractivity contribution is -0.128. The fraction of sp³-hybridized carbons (Fsp3) is 0.172. The van der Waals surface area contributed by atoms with Gasteiger partial charge in [0.2, 0.25) is 12.7 Å². The van der Waals surface area contributed by atoms with Crippen LogP contribution < -0.4 is 9.47 Å². The molecule has 7 nitrogen and oxygen atoms in total. The van der Waals surface area contributed by atoms with E-state index >= 15 is 0 Å². The average Bonchev–Trinajstić information content (AvgIpc) is 3.52. The third-order valence-electron chi connectivity index (χ3n) is 6.94. The first kappa shape index (κ1) is 22.0. The number of aromatic carboxylic acids is 1. The van der Waals surface area contributed by atoms with Gasteiger partial charge in [0.25, 0.3) is 0 Å². The van der Waals surface area contributed by atoms with Gasteiger partial charge in [0.05, 0.1) is 11.6 Å². The molecule has 2 aliphatic rings. The molecule has 4 aromatic rings. The van der Waals surface area contributed by atoms with Crippen molar-refractivity contribution in [2.24, 2.45) is 0 Å². The second kappa shape index (κ2) is 8.61. The fourth-order valence-corrected chi connectivity index (χ4v) is 5.13. The van der Waals surface area contributed by atoms with E-state index in [4.69, 9.17) is 14.6 Å². The number of H-pyrrole nitrogens is 1. The van der Waals surface area contributed by atoms with Crippen molar-refractivity contribution in [1.29, 1.82) is 0 Å². The number of hydrogen-bond donors (Lipinski definition) is 2. The summed E-state index contributed by atoms with van der Waals surface area (Å²) in [6.07, 6.45) is 4.01. The van der Waals surface area contributed by atoms with E-state index in [0.29, 0.717) is 18.0 Å². The molecule has 180 valence electrons. The molecule has 36 heavy (non-hydrogen) atoms. The summed E-state index contributed by atoms with van der Waals surface area (Å²) in [5.41, 5.74) is 6.40. The molecular formula is C29H24N2O5. The number of rotatable bonds is 4. The second-order valence-electron chi connectivity index (χ2n) is 9.07. The highest BCUT2D eigenvalue weighted by Gasteiger charge is 2.34. The summed E-state index contributed by atoms with van der Waals surface area (Å²) >= 11 is 0. The molecule has 1 amide bonds. The van der Waals surface area contributed by atoms with Gasteiger partial charge in [0, 0.05) is 29.2 Å². The molecule has 0 bridgehead atoms. The molecule has 0 radical (unpaired) electrons. The molecule has 6 rings (SSSR count). The number of amides is 1. The van der Waals surface area contributed by atoms with Gasteiger partial charge in [0.1, 0.15) is 0 Å². The maximum atomic E-state index is 13.5. The molecule has 2 N–H and O–H groups in total. The van der Waals surface area contributed by atoms with Crippen LogP contribution in [0.5, 0.6) is 11.5 Å². The van der Waals surface area contributed by atoms with E-state index < -0.39 is 5.97 Å². The Bertz CT molecular complexity index is 1530. The first-order valence-electron chi connectivity index (χ1n) is 11.8. The molecule has 0 fully saturated rings. The maximum absolute atomic E-state index is 13.5. The molecule has 1 unspecified atom stereocenters. The summed E-state index contributed by atoms with van der Waals surface area (Å²) in [4.78, 5) is 30.1. The normalized spacial score (nSPS) is 16.5. The molecule has 3 heterocycles. The van der Waals surface area contributed by atoms with Crippen LogP contribution in [0.3, 0.4) is 0 Å². The second-order valence-corrected chi connectivity index (χ2v) is 9.07. The van der Waals surface area contributed by atoms with Gasteiger partial charge in [-0.15, -0.1) is 0 Å². The molecular weight excluding hydrogens is 456 g/mol. The molecule has 0 saturated heterocycles. The lowest BCUT2D eigenvalue weighted by Gasteiger charge is -2.35. The van der Waals surface area contributed by atoms with Crippen LogP contribution >= 0.6 is 0 Å². The number of carbonyl (C=O) groups excluding carboxylic acids is 1. The zero-order valence-corrected chi connectivity index (χ0v) is 19.7. The third-order valence-corrected chi connectivity index (χ3v) is 6.94. The predicted molar refractivity (Wildman–Crippen MR) is 135 cm³/mol. The molecule has 0 aliphatic carbocycles. The summed E-state index contributed by atoms with van der Waals surface area (Å²) in [5.74, 6) is 0.269. The van der Waals surface area contributed by atoms with Crippen LogP contribution in [-0.4, -0.2) is 40.2 Å². The van der Waals surface area contributed by atoms with Crippen molar-refractivity contribution in [2.45, 2.75) is 19.4 Å². The van der Waals surface area contributed by atoms with Gasteiger partial charge >= 0.3 is 5.97 Å². The van der Waals surface area contributed by atoms with Gasteiger partial charge in [-0.1, -0.05) is 36.4 Å². The molecule has 7 heteroatoms. The highest BCUT2D eigenvalue weighted by Crippen LogP contribution is 2.42. The minimum atomic E-state index is -0.981. The van der Waals surface area contributed by atoms with Crippen LogP contribution in [0.2, 0.25) is 0 Å². The zero-order valence-electron chi connectivity index (χ0n) is 19.7. The number of nitrogens with zero attached hydrogens (tertiary/aromatic N) is 1. The lowest BCUT2D eigenvalue weighted by Crippen LogP contribution is -2.39. The van der Waals surface area contributed by atoms with Gasteiger partial charge in [-0.05, 0) is 65.9 Å². The summed E-state index contributed by atoms with van der Waals surface area (Å²) in [5, 5.41) is 10.3. The highest BCUT2D eigenvalue weighted by molar-refractivity contribution is 5.94. The van der Waals surface area contributed by atoms with E-state index in [-0.39, 0.29) is 24.3 Å². The summed E-state index contributed by atoms with van der Waals surface area (Å²) in [6, 6.07) is 18.2. The van der Waals surface area contributed by atoms with Crippen LogP contribution in [-0.2, 0) is 11.2 Å². The van der Waals surface area contributed by atoms with Crippen LogP contribution in [0.15, 0.2) is 66.7 Å². The van der Waals surface area contributed by atoms with E-state index in [9.17, 15) is 9.59 Å². The number of aromatic amines is 1. The molecule has 1 atom stereocenters. The fourth-order valence-electron chi connectivity index (χ4n) is 5.13. The van der Waals surface area contributed by atoms with Crippen molar-refractivity contribution in [3.8, 4) is 11.5 Å². The zero-order chi connectivity index (χ0) is 24.8. The Kier molecular flexibility index (Phi) is 5.25. The van der Waals surface area contributed by atoms with Crippen LogP contribution in [0.1, 0.15) is 44.3 Å². The van der Waals surface area contributed by atoms with E-state index in [1.807, 2.05) is 23.1 Å². The number of aryl methyl sites for hydroxylation is 1. The molecule has 3 aromatic carbocycles. The Labute approximate surface area is 207 Å².